The first-order chi connectivity index (χ1) is 15.5. The maximum absolute atomic E-state index is 12.1. The van der Waals surface area contributed by atoms with Crippen LogP contribution < -0.4 is 20.9 Å². The summed E-state index contributed by atoms with van der Waals surface area (Å²) in [5.41, 5.74) is 5.08. The summed E-state index contributed by atoms with van der Waals surface area (Å²) in [4.78, 5) is 34.3. The molecule has 1 heterocycles. The summed E-state index contributed by atoms with van der Waals surface area (Å²) < 4.78 is 6.12. The molecule has 166 valence electrons. The minimum Gasteiger partial charge on any atom is -0.492 e. The molecule has 2 aromatic carbocycles. The van der Waals surface area contributed by atoms with Crippen molar-refractivity contribution in [2.75, 3.05) is 17.7 Å². The van der Waals surface area contributed by atoms with Gasteiger partial charge in [0, 0.05) is 17.7 Å². The van der Waals surface area contributed by atoms with Crippen LogP contribution in [-0.4, -0.2) is 39.3 Å². The Bertz CT molecular complexity index is 1120. The zero-order valence-corrected chi connectivity index (χ0v) is 18.4. The summed E-state index contributed by atoms with van der Waals surface area (Å²) in [6, 6.07) is 12.6. The summed E-state index contributed by atoms with van der Waals surface area (Å²) in [7, 11) is 0. The number of nitrogens with zero attached hydrogens (tertiary/aromatic N) is 3. The Balaban J connectivity index is 1.48. The number of carbonyl (C=O) groups excluding carboxylic acids is 2. The average molecular weight is 475 g/mol. The van der Waals surface area contributed by atoms with Crippen LogP contribution in [0.2, 0.25) is 0 Å². The van der Waals surface area contributed by atoms with Crippen LogP contribution in [0.15, 0.2) is 52.9 Å². The van der Waals surface area contributed by atoms with Gasteiger partial charge in [-0.3, -0.25) is 30.6 Å². The number of hydrogen-bond acceptors (Lipinski definition) is 10. The molecule has 0 spiro atoms. The van der Waals surface area contributed by atoms with Gasteiger partial charge in [0.05, 0.1) is 23.0 Å². The van der Waals surface area contributed by atoms with Crippen LogP contribution >= 0.6 is 23.1 Å². The van der Waals surface area contributed by atoms with Crippen molar-refractivity contribution in [1.29, 1.82) is 0 Å². The number of benzene rings is 2. The molecule has 0 saturated heterocycles. The third-order valence-corrected chi connectivity index (χ3v) is 5.77. The van der Waals surface area contributed by atoms with Crippen LogP contribution in [0.4, 0.5) is 16.5 Å². The number of non-ortho nitro benzene ring substituents is 1. The lowest BCUT2D eigenvalue weighted by Gasteiger charge is -2.09. The average Bonchev–Trinajstić information content (AvgIpc) is 3.25. The number of thioether (sulfide) groups is 1. The Kier molecular flexibility index (Phi) is 7.94. The van der Waals surface area contributed by atoms with Gasteiger partial charge >= 0.3 is 0 Å². The highest BCUT2D eigenvalue weighted by Crippen LogP contribution is 2.31. The quantitative estimate of drug-likeness (QED) is 0.241. The lowest BCUT2D eigenvalue weighted by atomic mass is 10.2. The minimum absolute atomic E-state index is 0.0145. The van der Waals surface area contributed by atoms with Gasteiger partial charge in [0.1, 0.15) is 5.75 Å². The molecule has 32 heavy (non-hydrogen) atoms. The van der Waals surface area contributed by atoms with Gasteiger partial charge in [-0.25, -0.2) is 0 Å². The molecule has 3 aromatic rings. The van der Waals surface area contributed by atoms with Gasteiger partial charge in [0.15, 0.2) is 4.34 Å². The molecule has 0 atom stereocenters. The van der Waals surface area contributed by atoms with Gasteiger partial charge < -0.3 is 10.1 Å². The van der Waals surface area contributed by atoms with Crippen LogP contribution in [0.25, 0.3) is 0 Å². The number of para-hydroxylation sites is 2. The van der Waals surface area contributed by atoms with E-state index in [0.29, 0.717) is 21.8 Å². The SMILES string of the molecule is CCOc1ccccc1Nc1nnc(SCC(=O)NNC(=O)c2cccc([N+](=O)[O-])c2)s1. The molecule has 0 bridgehead atoms. The van der Waals surface area contributed by atoms with E-state index in [0.717, 1.165) is 23.5 Å². The maximum atomic E-state index is 12.1. The smallest absolute Gasteiger partial charge is 0.270 e. The van der Waals surface area contributed by atoms with Crippen molar-refractivity contribution in [3.63, 3.8) is 0 Å². The standard InChI is InChI=1S/C19H18N6O5S2/c1-2-30-15-9-4-3-8-14(15)20-18-23-24-19(32-18)31-11-16(26)21-22-17(27)12-6-5-7-13(10-12)25(28)29/h3-10H,2,11H2,1H3,(H,20,23)(H,21,26)(H,22,27). The molecule has 11 nitrogen and oxygen atoms in total. The normalized spacial score (nSPS) is 10.3. The number of rotatable bonds is 9. The van der Waals surface area contributed by atoms with Crippen molar-refractivity contribution in [3.05, 3.63) is 64.2 Å². The molecule has 13 heteroatoms. The Hall–Kier alpha value is -3.71. The first kappa shape index (κ1) is 23.0. The number of nitrogens with one attached hydrogen (secondary N) is 3. The minimum atomic E-state index is -0.664. The van der Waals surface area contributed by atoms with E-state index in [1.807, 2.05) is 31.2 Å². The van der Waals surface area contributed by atoms with Gasteiger partial charge in [-0.1, -0.05) is 41.3 Å². The number of amides is 2. The van der Waals surface area contributed by atoms with Gasteiger partial charge in [-0.15, -0.1) is 10.2 Å². The van der Waals surface area contributed by atoms with Crippen molar-refractivity contribution in [2.24, 2.45) is 0 Å². The van der Waals surface area contributed by atoms with Crippen LogP contribution in [0.5, 0.6) is 5.75 Å². The van der Waals surface area contributed by atoms with E-state index in [9.17, 15) is 19.7 Å². The topological polar surface area (TPSA) is 148 Å². The summed E-state index contributed by atoms with van der Waals surface area (Å²) in [5.74, 6) is -0.458. The number of carbonyl (C=O) groups is 2. The molecule has 0 aliphatic heterocycles. The summed E-state index contributed by atoms with van der Waals surface area (Å²) in [5, 5.41) is 22.5. The van der Waals surface area contributed by atoms with E-state index in [-0.39, 0.29) is 17.0 Å². The predicted octanol–water partition coefficient (Wildman–Crippen LogP) is 3.14. The molecule has 0 saturated carbocycles. The Labute approximate surface area is 190 Å². The molecular formula is C19H18N6O5S2. The monoisotopic (exact) mass is 474 g/mol. The van der Waals surface area contributed by atoms with Crippen LogP contribution in [0.1, 0.15) is 17.3 Å². The number of nitro benzene ring substituents is 1. The van der Waals surface area contributed by atoms with Crippen molar-refractivity contribution < 1.29 is 19.2 Å². The summed E-state index contributed by atoms with van der Waals surface area (Å²) in [6.07, 6.45) is 0. The molecular weight excluding hydrogens is 456 g/mol. The second kappa shape index (κ2) is 11.1. The highest BCUT2D eigenvalue weighted by molar-refractivity contribution is 8.01. The Morgan fingerprint density at radius 2 is 1.97 bits per heavy atom. The highest BCUT2D eigenvalue weighted by atomic mass is 32.2. The Morgan fingerprint density at radius 3 is 2.75 bits per heavy atom. The third kappa shape index (κ3) is 6.39. The molecule has 2 amide bonds. The molecule has 3 rings (SSSR count). The van der Waals surface area contributed by atoms with E-state index in [1.165, 1.54) is 29.5 Å². The van der Waals surface area contributed by atoms with Crippen LogP contribution in [-0.2, 0) is 4.79 Å². The fourth-order valence-corrected chi connectivity index (χ4v) is 3.97. The second-order valence-corrected chi connectivity index (χ2v) is 8.23. The van der Waals surface area contributed by atoms with Crippen LogP contribution in [0, 0.1) is 10.1 Å². The largest absolute Gasteiger partial charge is 0.492 e. The lowest BCUT2D eigenvalue weighted by Crippen LogP contribution is -2.42. The number of hydrazine groups is 1. The van der Waals surface area contributed by atoms with Gasteiger partial charge in [-0.05, 0) is 25.1 Å². The summed E-state index contributed by atoms with van der Waals surface area (Å²) in [6.45, 7) is 2.43. The van der Waals surface area contributed by atoms with E-state index in [1.54, 1.807) is 0 Å². The van der Waals surface area contributed by atoms with Crippen molar-refractivity contribution in [3.8, 4) is 5.75 Å². The Morgan fingerprint density at radius 1 is 1.16 bits per heavy atom. The number of aromatic nitrogens is 2. The van der Waals surface area contributed by atoms with E-state index < -0.39 is 16.7 Å². The van der Waals surface area contributed by atoms with Crippen molar-refractivity contribution in [1.82, 2.24) is 21.0 Å². The predicted molar refractivity (Wildman–Crippen MR) is 120 cm³/mol. The van der Waals surface area contributed by atoms with Gasteiger partial charge in [0.25, 0.3) is 11.6 Å². The van der Waals surface area contributed by atoms with Gasteiger partial charge in [-0.2, -0.15) is 0 Å². The van der Waals surface area contributed by atoms with E-state index in [2.05, 4.69) is 26.4 Å². The van der Waals surface area contributed by atoms with Gasteiger partial charge in [0.2, 0.25) is 11.0 Å². The van der Waals surface area contributed by atoms with Crippen LogP contribution in [0.3, 0.4) is 0 Å². The third-order valence-electron chi connectivity index (χ3n) is 3.80. The number of anilines is 2. The lowest BCUT2D eigenvalue weighted by molar-refractivity contribution is -0.384. The number of hydrogen-bond donors (Lipinski definition) is 3. The number of ether oxygens (including phenoxy) is 1. The molecule has 0 radical (unpaired) electrons. The summed E-state index contributed by atoms with van der Waals surface area (Å²) >= 11 is 2.41. The number of nitro groups is 1. The molecule has 0 aliphatic carbocycles. The molecule has 0 fully saturated rings. The molecule has 3 N–H and O–H groups in total. The maximum Gasteiger partial charge on any atom is 0.270 e. The zero-order valence-electron chi connectivity index (χ0n) is 16.7. The zero-order chi connectivity index (χ0) is 22.9. The fraction of sp³-hybridized carbons (Fsp3) is 0.158. The van der Waals surface area contributed by atoms with Crippen molar-refractivity contribution in [2.45, 2.75) is 11.3 Å². The molecule has 1 aromatic heterocycles. The van der Waals surface area contributed by atoms with E-state index in [4.69, 9.17) is 4.74 Å². The van der Waals surface area contributed by atoms with E-state index >= 15 is 0 Å². The van der Waals surface area contributed by atoms with Crippen molar-refractivity contribution >= 4 is 51.4 Å². The fourth-order valence-electron chi connectivity index (χ4n) is 2.41. The highest BCUT2D eigenvalue weighted by Gasteiger charge is 2.13. The second-order valence-electron chi connectivity index (χ2n) is 6.03. The first-order valence-corrected chi connectivity index (χ1v) is 11.0. The first-order valence-electron chi connectivity index (χ1n) is 9.25. The molecule has 0 aliphatic rings. The molecule has 0 unspecified atom stereocenters.